The molecule has 0 bridgehead atoms. The van der Waals surface area contributed by atoms with E-state index in [1.54, 1.807) is 58.9 Å². The topological polar surface area (TPSA) is 82.4 Å². The van der Waals surface area contributed by atoms with Crippen molar-refractivity contribution in [2.75, 3.05) is 13.1 Å². The van der Waals surface area contributed by atoms with Gasteiger partial charge in [0.1, 0.15) is 0 Å². The summed E-state index contributed by atoms with van der Waals surface area (Å²) in [5.41, 5.74) is 1.37. The number of carbonyl (C=O) groups is 1. The molecule has 2 rings (SSSR count). The summed E-state index contributed by atoms with van der Waals surface area (Å²) >= 11 is 0. The number of carbonyl (C=O) groups excluding carboxylic acids is 1. The number of ketones is 1. The highest BCUT2D eigenvalue weighted by Gasteiger charge is 2.11. The molecular formula is C15H14N4O3. The third-order valence-corrected chi connectivity index (χ3v) is 2.96. The quantitative estimate of drug-likeness (QED) is 0.704. The van der Waals surface area contributed by atoms with Gasteiger partial charge in [-0.3, -0.25) is 4.79 Å². The standard InChI is InChI=1S/C15H14N4O3/c20-15(11-18-5-1-13(2-6-18)9-16-21)12-19-7-3-14(4-8-19)10-17-22/h1-10H,11-12H2. The molecule has 0 aromatic carbocycles. The first-order chi connectivity index (χ1) is 10.7. The summed E-state index contributed by atoms with van der Waals surface area (Å²) in [6.07, 6.45) is 16.1. The Morgan fingerprint density at radius 2 is 1.18 bits per heavy atom. The van der Waals surface area contributed by atoms with Gasteiger partial charge in [0.05, 0.1) is 25.5 Å². The Morgan fingerprint density at radius 3 is 1.50 bits per heavy atom. The Bertz CT molecular complexity index is 555. The normalized spacial score (nSPS) is 16.0. The lowest BCUT2D eigenvalue weighted by Gasteiger charge is -2.21. The Morgan fingerprint density at radius 1 is 0.818 bits per heavy atom. The van der Waals surface area contributed by atoms with Gasteiger partial charge in [-0.1, -0.05) is 0 Å². The van der Waals surface area contributed by atoms with Gasteiger partial charge in [-0.15, -0.1) is 9.81 Å². The van der Waals surface area contributed by atoms with Crippen molar-refractivity contribution in [1.82, 2.24) is 9.80 Å². The minimum absolute atomic E-state index is 0.0190. The first-order valence-corrected chi connectivity index (χ1v) is 6.52. The van der Waals surface area contributed by atoms with Crippen LogP contribution in [0.4, 0.5) is 0 Å². The van der Waals surface area contributed by atoms with Crippen LogP contribution in [0.3, 0.4) is 0 Å². The van der Waals surface area contributed by atoms with Crippen LogP contribution in [0.1, 0.15) is 0 Å². The molecule has 2 aliphatic rings. The van der Waals surface area contributed by atoms with Crippen molar-refractivity contribution >= 4 is 5.78 Å². The summed E-state index contributed by atoms with van der Waals surface area (Å²) in [5.74, 6) is 0.0190. The number of hydrogen-bond acceptors (Lipinski definition) is 7. The van der Waals surface area contributed by atoms with Crippen LogP contribution in [0.5, 0.6) is 0 Å². The van der Waals surface area contributed by atoms with Gasteiger partial charge in [-0.25, -0.2) is 0 Å². The highest BCUT2D eigenvalue weighted by Crippen LogP contribution is 2.11. The second kappa shape index (κ2) is 7.63. The predicted molar refractivity (Wildman–Crippen MR) is 82.7 cm³/mol. The van der Waals surface area contributed by atoms with E-state index in [4.69, 9.17) is 0 Å². The van der Waals surface area contributed by atoms with Crippen LogP contribution in [-0.4, -0.2) is 28.7 Å². The molecule has 0 unspecified atom stereocenters. The Labute approximate surface area is 127 Å². The number of nitroso groups, excluding NO2 is 2. The maximum Gasteiger partial charge on any atom is 0.172 e. The maximum atomic E-state index is 12.0. The summed E-state index contributed by atoms with van der Waals surface area (Å²) in [7, 11) is 0. The van der Waals surface area contributed by atoms with E-state index < -0.39 is 0 Å². The van der Waals surface area contributed by atoms with Gasteiger partial charge in [0.25, 0.3) is 0 Å². The Hall–Kier alpha value is -3.09. The van der Waals surface area contributed by atoms with E-state index in [-0.39, 0.29) is 18.9 Å². The van der Waals surface area contributed by atoms with Gasteiger partial charge in [0, 0.05) is 24.8 Å². The summed E-state index contributed by atoms with van der Waals surface area (Å²) in [6.45, 7) is 0.455. The molecule has 7 heteroatoms. The molecule has 0 fully saturated rings. The van der Waals surface area contributed by atoms with Crippen molar-refractivity contribution in [3.8, 4) is 0 Å². The lowest BCUT2D eigenvalue weighted by atomic mass is 10.2. The van der Waals surface area contributed by atoms with E-state index in [0.29, 0.717) is 11.1 Å². The van der Waals surface area contributed by atoms with Crippen molar-refractivity contribution in [2.45, 2.75) is 0 Å². The van der Waals surface area contributed by atoms with Crippen LogP contribution in [0.15, 0.2) is 83.0 Å². The number of Topliss-reactive ketones (excluding diaryl/α,β-unsaturated/α-hetero) is 1. The van der Waals surface area contributed by atoms with Crippen LogP contribution in [0, 0.1) is 9.81 Å². The molecule has 0 N–H and O–H groups in total. The smallest absolute Gasteiger partial charge is 0.172 e. The first-order valence-electron chi connectivity index (χ1n) is 6.52. The van der Waals surface area contributed by atoms with E-state index >= 15 is 0 Å². The fourth-order valence-corrected chi connectivity index (χ4v) is 1.90. The summed E-state index contributed by atoms with van der Waals surface area (Å²) < 4.78 is 0. The van der Waals surface area contributed by atoms with Gasteiger partial charge >= 0.3 is 0 Å². The van der Waals surface area contributed by atoms with Gasteiger partial charge in [0.15, 0.2) is 5.78 Å². The number of allylic oxidation sites excluding steroid dienone is 6. The van der Waals surface area contributed by atoms with Crippen LogP contribution in [0.2, 0.25) is 0 Å². The third-order valence-electron chi connectivity index (χ3n) is 2.96. The van der Waals surface area contributed by atoms with Gasteiger partial charge in [-0.2, -0.15) is 0 Å². The van der Waals surface area contributed by atoms with Crippen LogP contribution in [-0.2, 0) is 4.79 Å². The van der Waals surface area contributed by atoms with Crippen molar-refractivity contribution in [2.24, 2.45) is 10.4 Å². The second-order valence-electron chi connectivity index (χ2n) is 4.62. The average Bonchev–Trinajstić information content (AvgIpc) is 2.52. The van der Waals surface area contributed by atoms with Crippen molar-refractivity contribution in [3.63, 3.8) is 0 Å². The largest absolute Gasteiger partial charge is 0.347 e. The van der Waals surface area contributed by atoms with Gasteiger partial charge < -0.3 is 9.80 Å². The van der Waals surface area contributed by atoms with E-state index in [0.717, 1.165) is 0 Å². The SMILES string of the molecule is O=NC=C1C=CN(CC(=O)CN2C=CC(=CN=O)C=C2)C=C1. The number of hydrogen-bond donors (Lipinski definition) is 0. The lowest BCUT2D eigenvalue weighted by Crippen LogP contribution is -2.29. The molecule has 0 saturated carbocycles. The minimum Gasteiger partial charge on any atom is -0.347 e. The molecule has 2 aliphatic heterocycles. The third kappa shape index (κ3) is 4.48. The van der Waals surface area contributed by atoms with Gasteiger partial charge in [0.2, 0.25) is 0 Å². The molecule has 0 amide bonds. The second-order valence-corrected chi connectivity index (χ2v) is 4.62. The molecule has 0 spiro atoms. The molecule has 0 aliphatic carbocycles. The van der Waals surface area contributed by atoms with E-state index in [1.165, 1.54) is 12.4 Å². The summed E-state index contributed by atoms with van der Waals surface area (Å²) in [6, 6.07) is 0. The zero-order valence-corrected chi connectivity index (χ0v) is 11.7. The average molecular weight is 298 g/mol. The van der Waals surface area contributed by atoms with Crippen LogP contribution < -0.4 is 0 Å². The minimum atomic E-state index is 0.0190. The number of rotatable bonds is 6. The van der Waals surface area contributed by atoms with Gasteiger partial charge in [-0.05, 0) is 45.8 Å². The molecule has 0 radical (unpaired) electrons. The first kappa shape index (κ1) is 15.3. The van der Waals surface area contributed by atoms with E-state index in [2.05, 4.69) is 10.4 Å². The molecule has 7 nitrogen and oxygen atoms in total. The van der Waals surface area contributed by atoms with Crippen molar-refractivity contribution < 1.29 is 4.79 Å². The Balaban J connectivity index is 1.83. The predicted octanol–water partition coefficient (Wildman–Crippen LogP) is 2.54. The lowest BCUT2D eigenvalue weighted by molar-refractivity contribution is -0.119. The molecule has 0 aromatic heterocycles. The van der Waals surface area contributed by atoms with E-state index in [1.807, 2.05) is 0 Å². The van der Waals surface area contributed by atoms with Crippen molar-refractivity contribution in [3.05, 3.63) is 82.5 Å². The van der Waals surface area contributed by atoms with Crippen molar-refractivity contribution in [1.29, 1.82) is 0 Å². The molecule has 0 saturated heterocycles. The number of nitrogens with zero attached hydrogens (tertiary/aromatic N) is 4. The summed E-state index contributed by atoms with van der Waals surface area (Å²) in [5, 5.41) is 5.38. The highest BCUT2D eigenvalue weighted by molar-refractivity contribution is 5.83. The highest BCUT2D eigenvalue weighted by atomic mass is 16.3. The maximum absolute atomic E-state index is 12.0. The van der Waals surface area contributed by atoms with E-state index in [9.17, 15) is 14.6 Å². The molecule has 112 valence electrons. The molecule has 2 heterocycles. The fraction of sp³-hybridized carbons (Fsp3) is 0.133. The zero-order chi connectivity index (χ0) is 15.8. The molecule has 22 heavy (non-hydrogen) atoms. The molecule has 0 atom stereocenters. The fourth-order valence-electron chi connectivity index (χ4n) is 1.90. The molecular weight excluding hydrogens is 284 g/mol. The van der Waals surface area contributed by atoms with Crippen LogP contribution >= 0.6 is 0 Å². The van der Waals surface area contributed by atoms with Crippen LogP contribution in [0.25, 0.3) is 0 Å². The monoisotopic (exact) mass is 298 g/mol. The summed E-state index contributed by atoms with van der Waals surface area (Å²) in [4.78, 5) is 35.7. The molecule has 0 aromatic rings. The Kier molecular flexibility index (Phi) is 5.31. The zero-order valence-electron chi connectivity index (χ0n) is 11.7.